The zero-order chi connectivity index (χ0) is 15.5. The third-order valence-corrected chi connectivity index (χ3v) is 11.0. The SMILES string of the molecule is B.c1ccc(C2CCC(P(C3CCCC3)C3CCCC3)CC2)cc1. The van der Waals surface area contributed by atoms with Gasteiger partial charge in [0.2, 0.25) is 0 Å². The molecule has 1 aromatic rings. The van der Waals surface area contributed by atoms with Crippen LogP contribution in [0.25, 0.3) is 0 Å². The number of rotatable bonds is 4. The molecular formula is C22H36BP. The fraction of sp³-hybridized carbons (Fsp3) is 0.727. The summed E-state index contributed by atoms with van der Waals surface area (Å²) in [6.07, 6.45) is 18.5. The topological polar surface area (TPSA) is 0 Å². The average molecular weight is 342 g/mol. The van der Waals surface area contributed by atoms with Crippen molar-refractivity contribution in [1.29, 1.82) is 0 Å². The lowest BCUT2D eigenvalue weighted by Crippen LogP contribution is -2.24. The summed E-state index contributed by atoms with van der Waals surface area (Å²) in [4.78, 5) is 0. The summed E-state index contributed by atoms with van der Waals surface area (Å²) in [6, 6.07) is 11.3. The van der Waals surface area contributed by atoms with Crippen LogP contribution in [0, 0.1) is 0 Å². The van der Waals surface area contributed by atoms with Crippen molar-refractivity contribution >= 4 is 16.3 Å². The van der Waals surface area contributed by atoms with Crippen molar-refractivity contribution in [3.05, 3.63) is 35.9 Å². The Morgan fingerprint density at radius 1 is 0.583 bits per heavy atom. The van der Waals surface area contributed by atoms with Crippen LogP contribution >= 0.6 is 7.92 Å². The summed E-state index contributed by atoms with van der Waals surface area (Å²) in [5.41, 5.74) is 5.05. The van der Waals surface area contributed by atoms with Gasteiger partial charge in [-0.05, 0) is 79.8 Å². The van der Waals surface area contributed by atoms with Crippen LogP contribution in [0.1, 0.15) is 88.5 Å². The molecule has 0 saturated heterocycles. The van der Waals surface area contributed by atoms with E-state index in [9.17, 15) is 0 Å². The van der Waals surface area contributed by atoms with Gasteiger partial charge >= 0.3 is 0 Å². The molecule has 0 atom stereocenters. The van der Waals surface area contributed by atoms with Crippen LogP contribution in [0.4, 0.5) is 0 Å². The molecule has 0 bridgehead atoms. The summed E-state index contributed by atoms with van der Waals surface area (Å²) in [5, 5.41) is 0. The molecule has 3 aliphatic rings. The lowest BCUT2D eigenvalue weighted by atomic mass is 9.84. The van der Waals surface area contributed by atoms with Crippen LogP contribution in [0.15, 0.2) is 30.3 Å². The van der Waals surface area contributed by atoms with Crippen molar-refractivity contribution in [1.82, 2.24) is 0 Å². The molecule has 132 valence electrons. The van der Waals surface area contributed by atoms with E-state index in [1.165, 1.54) is 51.4 Å². The molecule has 0 N–H and O–H groups in total. The maximum atomic E-state index is 2.36. The van der Waals surface area contributed by atoms with E-state index in [0.29, 0.717) is 7.92 Å². The van der Waals surface area contributed by atoms with Crippen molar-refractivity contribution in [2.75, 3.05) is 0 Å². The molecule has 1 aromatic carbocycles. The predicted octanol–water partition coefficient (Wildman–Crippen LogP) is 5.90. The van der Waals surface area contributed by atoms with Crippen molar-refractivity contribution in [2.24, 2.45) is 0 Å². The Kier molecular flexibility index (Phi) is 6.85. The van der Waals surface area contributed by atoms with Gasteiger partial charge in [0, 0.05) is 0 Å². The average Bonchev–Trinajstić information content (AvgIpc) is 3.31. The molecule has 3 saturated carbocycles. The van der Waals surface area contributed by atoms with Gasteiger partial charge in [-0.2, -0.15) is 0 Å². The van der Waals surface area contributed by atoms with Gasteiger partial charge in [-0.3, -0.25) is 0 Å². The Balaban J connectivity index is 0.00000169. The van der Waals surface area contributed by atoms with Crippen LogP contribution in [0.2, 0.25) is 0 Å². The van der Waals surface area contributed by atoms with Gasteiger partial charge in [-0.25, -0.2) is 0 Å². The minimum absolute atomic E-state index is 0. The smallest absolute Gasteiger partial charge is 0.0814 e. The van der Waals surface area contributed by atoms with Crippen molar-refractivity contribution in [3.8, 4) is 0 Å². The van der Waals surface area contributed by atoms with E-state index in [1.54, 1.807) is 31.2 Å². The first-order valence-electron chi connectivity index (χ1n) is 10.2. The predicted molar refractivity (Wildman–Crippen MR) is 113 cm³/mol. The Bertz CT molecular complexity index is 452. The molecule has 0 unspecified atom stereocenters. The van der Waals surface area contributed by atoms with Gasteiger partial charge in [0.1, 0.15) is 0 Å². The standard InChI is InChI=1S/C22H33P.BH3/c1-2-8-18(9-3-1)19-14-16-22(17-15-19)23(20-10-4-5-11-20)21-12-6-7-13-21;/h1-3,8-9,19-22H,4-7,10-17H2;1H3. The molecule has 0 nitrogen and oxygen atoms in total. The second kappa shape index (κ2) is 8.89. The first-order valence-corrected chi connectivity index (χ1v) is 11.8. The minimum Gasteiger partial charge on any atom is -0.0971 e. The lowest BCUT2D eigenvalue weighted by molar-refractivity contribution is 0.446. The largest absolute Gasteiger partial charge is 0.0971 e. The first-order chi connectivity index (χ1) is 11.4. The Labute approximate surface area is 152 Å². The van der Waals surface area contributed by atoms with Gasteiger partial charge in [0.15, 0.2) is 0 Å². The molecular weight excluding hydrogens is 306 g/mol. The van der Waals surface area contributed by atoms with E-state index in [2.05, 4.69) is 30.3 Å². The number of hydrogen-bond donors (Lipinski definition) is 0. The second-order valence-electron chi connectivity index (χ2n) is 8.24. The number of benzene rings is 1. The van der Waals surface area contributed by atoms with Gasteiger partial charge in [0.05, 0.1) is 8.41 Å². The van der Waals surface area contributed by atoms with E-state index in [-0.39, 0.29) is 8.41 Å². The molecule has 0 spiro atoms. The molecule has 0 amide bonds. The highest BCUT2D eigenvalue weighted by Gasteiger charge is 2.39. The Morgan fingerprint density at radius 3 is 1.54 bits per heavy atom. The van der Waals surface area contributed by atoms with Crippen molar-refractivity contribution < 1.29 is 0 Å². The molecule has 3 aliphatic carbocycles. The van der Waals surface area contributed by atoms with E-state index >= 15 is 0 Å². The molecule has 3 fully saturated rings. The maximum absolute atomic E-state index is 2.36. The van der Waals surface area contributed by atoms with Crippen molar-refractivity contribution in [2.45, 2.75) is 99.9 Å². The molecule has 0 aromatic heterocycles. The van der Waals surface area contributed by atoms with E-state index in [0.717, 1.165) is 22.9 Å². The highest BCUT2D eigenvalue weighted by molar-refractivity contribution is 7.60. The van der Waals surface area contributed by atoms with E-state index in [4.69, 9.17) is 0 Å². The molecule has 4 rings (SSSR count). The minimum atomic E-state index is 0. The molecule has 2 heteroatoms. The van der Waals surface area contributed by atoms with Crippen LogP contribution in [0.5, 0.6) is 0 Å². The van der Waals surface area contributed by atoms with Crippen LogP contribution in [-0.4, -0.2) is 25.4 Å². The summed E-state index contributed by atoms with van der Waals surface area (Å²) >= 11 is 0. The Hall–Kier alpha value is -0.285. The summed E-state index contributed by atoms with van der Waals surface area (Å²) in [6.45, 7) is 0. The van der Waals surface area contributed by atoms with Gasteiger partial charge < -0.3 is 0 Å². The molecule has 24 heavy (non-hydrogen) atoms. The summed E-state index contributed by atoms with van der Waals surface area (Å²) in [7, 11) is 0.331. The fourth-order valence-corrected chi connectivity index (χ4v) is 10.3. The van der Waals surface area contributed by atoms with Crippen LogP contribution < -0.4 is 0 Å². The van der Waals surface area contributed by atoms with Crippen LogP contribution in [-0.2, 0) is 0 Å². The Morgan fingerprint density at radius 2 is 1.04 bits per heavy atom. The third-order valence-electron chi connectivity index (χ3n) is 6.88. The lowest BCUT2D eigenvalue weighted by Gasteiger charge is -2.41. The highest BCUT2D eigenvalue weighted by atomic mass is 31.1. The van der Waals surface area contributed by atoms with Gasteiger partial charge in [-0.1, -0.05) is 63.9 Å². The first kappa shape index (κ1) is 18.5. The zero-order valence-electron chi connectivity index (χ0n) is 14.6. The molecule has 0 heterocycles. The quantitative estimate of drug-likeness (QED) is 0.472. The maximum Gasteiger partial charge on any atom is 0.0814 e. The van der Waals surface area contributed by atoms with Crippen molar-refractivity contribution in [3.63, 3.8) is 0 Å². The number of hydrogen-bond acceptors (Lipinski definition) is 0. The highest BCUT2D eigenvalue weighted by Crippen LogP contribution is 2.63. The normalized spacial score (nSPS) is 29.0. The van der Waals surface area contributed by atoms with Gasteiger partial charge in [-0.15, -0.1) is 0 Å². The van der Waals surface area contributed by atoms with Crippen LogP contribution in [0.3, 0.4) is 0 Å². The molecule has 0 radical (unpaired) electrons. The van der Waals surface area contributed by atoms with E-state index in [1.807, 2.05) is 0 Å². The monoisotopic (exact) mass is 342 g/mol. The summed E-state index contributed by atoms with van der Waals surface area (Å²) < 4.78 is 0. The fourth-order valence-electron chi connectivity index (χ4n) is 5.73. The summed E-state index contributed by atoms with van der Waals surface area (Å²) in [5.74, 6) is 0.858. The van der Waals surface area contributed by atoms with E-state index < -0.39 is 0 Å². The second-order valence-corrected chi connectivity index (χ2v) is 11.3. The third kappa shape index (κ3) is 4.09. The van der Waals surface area contributed by atoms with Gasteiger partial charge in [0.25, 0.3) is 0 Å². The zero-order valence-corrected chi connectivity index (χ0v) is 15.5. The molecule has 0 aliphatic heterocycles.